The number of aliphatic imine (C=N–C) groups is 1. The average molecular weight is 377 g/mol. The van der Waals surface area contributed by atoms with Gasteiger partial charge in [0.2, 0.25) is 0 Å². The van der Waals surface area contributed by atoms with Crippen molar-refractivity contribution in [3.05, 3.63) is 102 Å². The lowest BCUT2D eigenvalue weighted by Crippen LogP contribution is -2.02. The highest BCUT2D eigenvalue weighted by molar-refractivity contribution is 6.08. The molecule has 1 aliphatic carbocycles. The number of nitrogens with zero attached hydrogens (tertiary/aromatic N) is 1. The van der Waals surface area contributed by atoms with E-state index in [9.17, 15) is 0 Å². The predicted octanol–water partition coefficient (Wildman–Crippen LogP) is 6.84. The van der Waals surface area contributed by atoms with Crippen molar-refractivity contribution in [3.63, 3.8) is 0 Å². The van der Waals surface area contributed by atoms with E-state index in [1.165, 1.54) is 47.2 Å². The molecule has 0 aromatic heterocycles. The molecule has 0 saturated heterocycles. The summed E-state index contributed by atoms with van der Waals surface area (Å²) in [6.07, 6.45) is 10.2. The van der Waals surface area contributed by atoms with Crippen molar-refractivity contribution in [1.82, 2.24) is 0 Å². The topological polar surface area (TPSA) is 21.6 Å². The molecule has 6 rings (SSSR count). The van der Waals surface area contributed by atoms with E-state index >= 15 is 0 Å². The van der Waals surface area contributed by atoms with Gasteiger partial charge in [-0.1, -0.05) is 60.7 Å². The first-order chi connectivity index (χ1) is 14.4. The molecule has 142 valence electrons. The molecule has 0 amide bonds. The second-order valence-corrected chi connectivity index (χ2v) is 7.51. The van der Waals surface area contributed by atoms with Crippen LogP contribution in [-0.4, -0.2) is 6.21 Å². The summed E-state index contributed by atoms with van der Waals surface area (Å²) >= 11 is 0. The van der Waals surface area contributed by atoms with Gasteiger partial charge in [-0.3, -0.25) is 4.99 Å². The first kappa shape index (κ1) is 17.7. The van der Waals surface area contributed by atoms with Gasteiger partial charge in [-0.05, 0) is 70.5 Å². The van der Waals surface area contributed by atoms with Crippen molar-refractivity contribution in [2.45, 2.75) is 25.7 Å². The Bertz CT molecular complexity index is 1240. The third-order valence-electron chi connectivity index (χ3n) is 5.73. The largest absolute Gasteiger partial charge is 0.463 e. The molecule has 2 nitrogen and oxygen atoms in total. The van der Waals surface area contributed by atoms with E-state index < -0.39 is 0 Å². The number of benzene rings is 4. The summed E-state index contributed by atoms with van der Waals surface area (Å²) in [7, 11) is 0. The normalized spacial score (nSPS) is 14.3. The molecule has 2 heteroatoms. The number of aryl methyl sites for hydroxylation is 2. The van der Waals surface area contributed by atoms with Gasteiger partial charge in [0, 0.05) is 11.8 Å². The molecule has 0 spiro atoms. The molecule has 4 aromatic carbocycles. The lowest BCUT2D eigenvalue weighted by atomic mass is 9.86. The smallest absolute Gasteiger partial charge is 0.135 e. The quantitative estimate of drug-likeness (QED) is 0.307. The van der Waals surface area contributed by atoms with E-state index in [1.807, 2.05) is 24.3 Å². The summed E-state index contributed by atoms with van der Waals surface area (Å²) in [5.74, 6) is 0.852. The zero-order valence-electron chi connectivity index (χ0n) is 16.3. The summed E-state index contributed by atoms with van der Waals surface area (Å²) < 4.78 is 5.24. The predicted molar refractivity (Wildman–Crippen MR) is 122 cm³/mol. The summed E-state index contributed by atoms with van der Waals surface area (Å²) in [5, 5.41) is 5.64. The van der Waals surface area contributed by atoms with Crippen LogP contribution in [0, 0.1) is 0 Å². The average Bonchev–Trinajstić information content (AvgIpc) is 3.05. The van der Waals surface area contributed by atoms with Gasteiger partial charge in [-0.2, -0.15) is 0 Å². The van der Waals surface area contributed by atoms with Crippen LogP contribution in [0.15, 0.2) is 90.3 Å². The van der Waals surface area contributed by atoms with Crippen LogP contribution in [0.25, 0.3) is 21.5 Å². The molecule has 1 heterocycles. The van der Waals surface area contributed by atoms with E-state index in [-0.39, 0.29) is 0 Å². The maximum absolute atomic E-state index is 5.24. The van der Waals surface area contributed by atoms with E-state index in [0.29, 0.717) is 0 Å². The van der Waals surface area contributed by atoms with Gasteiger partial charge >= 0.3 is 0 Å². The highest BCUT2D eigenvalue weighted by Gasteiger charge is 2.13. The second-order valence-electron chi connectivity index (χ2n) is 7.51. The van der Waals surface area contributed by atoms with Crippen molar-refractivity contribution in [1.29, 1.82) is 0 Å². The molecule has 0 fully saturated rings. The Hall–Kier alpha value is -3.39. The second kappa shape index (κ2) is 7.92. The molecular formula is C27H23NO. The number of hydrogen-bond acceptors (Lipinski definition) is 2. The monoisotopic (exact) mass is 377 g/mol. The Labute approximate surface area is 171 Å². The fourth-order valence-corrected chi connectivity index (χ4v) is 4.30. The lowest BCUT2D eigenvalue weighted by Gasteiger charge is -2.18. The van der Waals surface area contributed by atoms with Crippen molar-refractivity contribution in [2.75, 3.05) is 0 Å². The molecule has 0 radical (unpaired) electrons. The molecule has 0 N–H and O–H groups in total. The van der Waals surface area contributed by atoms with E-state index in [1.54, 1.807) is 29.8 Å². The van der Waals surface area contributed by atoms with Crippen molar-refractivity contribution >= 4 is 27.8 Å². The summed E-state index contributed by atoms with van der Waals surface area (Å²) in [6.45, 7) is 0. The van der Waals surface area contributed by atoms with E-state index in [4.69, 9.17) is 4.74 Å². The van der Waals surface area contributed by atoms with Gasteiger partial charge in [0.25, 0.3) is 0 Å². The molecule has 0 unspecified atom stereocenters. The maximum Gasteiger partial charge on any atom is 0.135 e. The van der Waals surface area contributed by atoms with Crippen LogP contribution in [0.2, 0.25) is 0 Å². The molecule has 0 saturated carbocycles. The fraction of sp³-hybridized carbons (Fsp3) is 0.148. The van der Waals surface area contributed by atoms with Crippen LogP contribution in [0.3, 0.4) is 0 Å². The molecule has 29 heavy (non-hydrogen) atoms. The third-order valence-corrected chi connectivity index (χ3v) is 5.73. The first-order valence-corrected chi connectivity index (χ1v) is 10.3. The molecule has 4 aromatic rings. The van der Waals surface area contributed by atoms with Crippen LogP contribution in [-0.2, 0) is 12.8 Å². The minimum Gasteiger partial charge on any atom is -0.463 e. The Kier molecular flexibility index (Phi) is 4.83. The van der Waals surface area contributed by atoms with Crippen LogP contribution < -0.4 is 4.74 Å². The van der Waals surface area contributed by atoms with E-state index in [0.717, 1.165) is 11.3 Å². The number of para-hydroxylation sites is 1. The first-order valence-electron chi connectivity index (χ1n) is 10.3. The highest BCUT2D eigenvalue weighted by atomic mass is 16.5. The summed E-state index contributed by atoms with van der Waals surface area (Å²) in [4.78, 5) is 3.98. The Balaban J connectivity index is 0.000000142. The standard InChI is InChI=1S/C18H16.C9H7NO/c1-3-7-15-13(5-1)9-11-18-16-8-4-2-6-14(16)10-12-17(15)18;1-2-4-9-8(3-1)7-10-5-6-11-9/h1,3,5,7,9-12H,2,4,6,8H2;1-7H. The minimum atomic E-state index is 0.852. The third kappa shape index (κ3) is 3.54. The number of hydrogen-bond donors (Lipinski definition) is 0. The van der Waals surface area contributed by atoms with E-state index in [2.05, 4.69) is 53.5 Å². The Morgan fingerprint density at radius 2 is 1.52 bits per heavy atom. The molecule has 2 aliphatic rings. The molecular weight excluding hydrogens is 354 g/mol. The SMILES string of the molecule is C1=COc2ccccc2C=N1.c1ccc2c(c1)ccc1c3c(ccc12)CCCC3. The maximum atomic E-state index is 5.24. The molecule has 0 bridgehead atoms. The van der Waals surface area contributed by atoms with Gasteiger partial charge in [-0.25, -0.2) is 0 Å². The lowest BCUT2D eigenvalue weighted by molar-refractivity contribution is 0.481. The number of rotatable bonds is 0. The Morgan fingerprint density at radius 1 is 0.690 bits per heavy atom. The minimum absolute atomic E-state index is 0.852. The summed E-state index contributed by atoms with van der Waals surface area (Å²) in [5.41, 5.74) is 4.19. The number of ether oxygens (including phenoxy) is 1. The summed E-state index contributed by atoms with van der Waals surface area (Å²) in [6, 6.07) is 25.7. The van der Waals surface area contributed by atoms with Gasteiger partial charge in [0.05, 0.1) is 6.20 Å². The zero-order valence-corrected chi connectivity index (χ0v) is 16.3. The van der Waals surface area contributed by atoms with Crippen LogP contribution in [0.4, 0.5) is 0 Å². The van der Waals surface area contributed by atoms with Crippen molar-refractivity contribution < 1.29 is 4.74 Å². The van der Waals surface area contributed by atoms with Crippen LogP contribution in [0.1, 0.15) is 29.5 Å². The highest BCUT2D eigenvalue weighted by Crippen LogP contribution is 2.33. The molecule has 1 aliphatic heterocycles. The van der Waals surface area contributed by atoms with Gasteiger partial charge in [-0.15, -0.1) is 0 Å². The fourth-order valence-electron chi connectivity index (χ4n) is 4.30. The van der Waals surface area contributed by atoms with Crippen molar-refractivity contribution in [2.24, 2.45) is 4.99 Å². The van der Waals surface area contributed by atoms with Crippen LogP contribution in [0.5, 0.6) is 5.75 Å². The number of fused-ring (bicyclic) bond motifs is 6. The molecule has 0 atom stereocenters. The zero-order chi connectivity index (χ0) is 19.5. The van der Waals surface area contributed by atoms with Gasteiger partial charge < -0.3 is 4.74 Å². The Morgan fingerprint density at radius 3 is 2.52 bits per heavy atom. The van der Waals surface area contributed by atoms with Crippen molar-refractivity contribution in [3.8, 4) is 5.75 Å². The van der Waals surface area contributed by atoms with Gasteiger partial charge in [0.1, 0.15) is 12.0 Å². The van der Waals surface area contributed by atoms with Crippen LogP contribution >= 0.6 is 0 Å². The van der Waals surface area contributed by atoms with Gasteiger partial charge in [0.15, 0.2) is 0 Å².